The molecule has 14 heteroatoms. The molecule has 1 aromatic heterocycles. The van der Waals surface area contributed by atoms with E-state index < -0.39 is 36.0 Å². The molecule has 2 amide bonds. The van der Waals surface area contributed by atoms with Crippen molar-refractivity contribution in [2.45, 2.75) is 58.0 Å². The number of benzene rings is 5. The van der Waals surface area contributed by atoms with E-state index in [1.54, 1.807) is 50.2 Å². The van der Waals surface area contributed by atoms with Crippen molar-refractivity contribution in [2.75, 3.05) is 6.61 Å². The molecular formula is C47H38Cl2N4O8. The van der Waals surface area contributed by atoms with Crippen LogP contribution in [0.15, 0.2) is 108 Å². The first kappa shape index (κ1) is 40.9. The van der Waals surface area contributed by atoms with Gasteiger partial charge in [-0.05, 0) is 94.4 Å². The summed E-state index contributed by atoms with van der Waals surface area (Å²) in [5.74, 6) is -0.144. The third-order valence-corrected chi connectivity index (χ3v) is 11.5. The monoisotopic (exact) mass is 856 g/mol. The lowest BCUT2D eigenvalue weighted by molar-refractivity contribution is -0.142. The fraction of sp³-hybridized carbons (Fsp3) is 0.213. The summed E-state index contributed by atoms with van der Waals surface area (Å²) in [5.41, 5.74) is 6.34. The van der Waals surface area contributed by atoms with Crippen molar-refractivity contribution in [3.05, 3.63) is 164 Å². The van der Waals surface area contributed by atoms with E-state index in [1.165, 1.54) is 4.90 Å². The number of halogens is 2. The zero-order valence-electron chi connectivity index (χ0n) is 33.0. The van der Waals surface area contributed by atoms with Crippen molar-refractivity contribution in [3.8, 4) is 34.4 Å². The number of nitriles is 1. The van der Waals surface area contributed by atoms with Crippen LogP contribution in [0.3, 0.4) is 0 Å². The van der Waals surface area contributed by atoms with Crippen LogP contribution in [0.1, 0.15) is 61.6 Å². The van der Waals surface area contributed by atoms with E-state index in [0.717, 1.165) is 33.4 Å². The molecule has 0 radical (unpaired) electrons. The number of carboxylic acids is 1. The Balaban J connectivity index is 0.986. The topological polar surface area (TPSA) is 164 Å². The summed E-state index contributed by atoms with van der Waals surface area (Å²) < 4.78 is 24.2. The predicted molar refractivity (Wildman–Crippen MR) is 226 cm³/mol. The summed E-state index contributed by atoms with van der Waals surface area (Å²) in [6, 6.07) is 30.7. The Labute approximate surface area is 361 Å². The second-order valence-corrected chi connectivity index (χ2v) is 15.7. The second kappa shape index (κ2) is 17.4. The maximum atomic E-state index is 14.2. The van der Waals surface area contributed by atoms with Gasteiger partial charge in [0.25, 0.3) is 5.91 Å². The van der Waals surface area contributed by atoms with E-state index in [2.05, 4.69) is 16.4 Å². The first-order chi connectivity index (χ1) is 29.4. The standard InChI is InChI=1S/C47H38Cl2N4O8/c1-26-44(51-27(2)60-26)46(55)53-23-35-21-42-41(59-25-43(61-42)33-12-14-36(15-13-33)58-24-30-7-16-37(48)38(49)17-30)20-34(35)19-40(53)45(54)52-39(47(56)57)18-28-3-8-31(9-4-28)32-10-5-29(22-50)6-11-32/h3-17,20-21,39-40,43H,18-19,23-25H2,1-2H3,(H,52,54)(H,56,57). The van der Waals surface area contributed by atoms with Crippen LogP contribution >= 0.6 is 23.2 Å². The molecule has 0 spiro atoms. The van der Waals surface area contributed by atoms with Crippen LogP contribution in [0.25, 0.3) is 11.1 Å². The zero-order valence-corrected chi connectivity index (χ0v) is 34.5. The summed E-state index contributed by atoms with van der Waals surface area (Å²) in [4.78, 5) is 46.6. The van der Waals surface area contributed by atoms with Crippen molar-refractivity contribution in [2.24, 2.45) is 0 Å². The van der Waals surface area contributed by atoms with Crippen LogP contribution in [0, 0.1) is 25.2 Å². The molecule has 3 atom stereocenters. The maximum Gasteiger partial charge on any atom is 0.326 e. The highest BCUT2D eigenvalue weighted by Crippen LogP contribution is 2.41. The van der Waals surface area contributed by atoms with Gasteiger partial charge < -0.3 is 34.0 Å². The molecule has 3 heterocycles. The number of amides is 2. The number of nitrogens with one attached hydrogen (secondary N) is 1. The van der Waals surface area contributed by atoms with Gasteiger partial charge in [0.1, 0.15) is 36.8 Å². The molecule has 12 nitrogen and oxygen atoms in total. The van der Waals surface area contributed by atoms with E-state index in [9.17, 15) is 19.5 Å². The largest absolute Gasteiger partial charge is 0.489 e. The molecule has 61 heavy (non-hydrogen) atoms. The lowest BCUT2D eigenvalue weighted by atomic mass is 9.91. The number of carboxylic acid groups (broad SMARTS) is 1. The van der Waals surface area contributed by atoms with Gasteiger partial charge in [0.15, 0.2) is 29.2 Å². The van der Waals surface area contributed by atoms with E-state index >= 15 is 0 Å². The minimum absolute atomic E-state index is 0.00189. The van der Waals surface area contributed by atoms with Crippen molar-refractivity contribution in [1.29, 1.82) is 5.26 Å². The number of hydrogen-bond donors (Lipinski definition) is 2. The number of nitrogens with zero attached hydrogens (tertiary/aromatic N) is 3. The van der Waals surface area contributed by atoms with Crippen LogP contribution in [-0.4, -0.2) is 51.5 Å². The average molecular weight is 858 g/mol. The Bertz CT molecular complexity index is 2680. The van der Waals surface area contributed by atoms with Crippen LogP contribution in [-0.2, 0) is 35.6 Å². The van der Waals surface area contributed by atoms with Gasteiger partial charge in [-0.3, -0.25) is 9.59 Å². The Morgan fingerprint density at radius 2 is 1.59 bits per heavy atom. The summed E-state index contributed by atoms with van der Waals surface area (Å²) >= 11 is 12.2. The Hall–Kier alpha value is -6.81. The number of aromatic nitrogens is 1. The molecule has 2 aliphatic heterocycles. The molecule has 308 valence electrons. The lowest BCUT2D eigenvalue weighted by Crippen LogP contribution is -2.56. The summed E-state index contributed by atoms with van der Waals surface area (Å²) in [6.45, 7) is 3.81. The van der Waals surface area contributed by atoms with Gasteiger partial charge in [-0.2, -0.15) is 5.26 Å². The SMILES string of the molecule is Cc1nc(C(=O)N2Cc3cc4c(cc3CC2C(=O)NC(Cc2ccc(-c3ccc(C#N)cc3)cc2)C(=O)O)OCC(c2ccc(OCc3ccc(Cl)c(Cl)c3)cc2)O4)c(C)o1. The number of hydrogen-bond acceptors (Lipinski definition) is 9. The van der Waals surface area contributed by atoms with Gasteiger partial charge >= 0.3 is 5.97 Å². The van der Waals surface area contributed by atoms with Gasteiger partial charge in [0.2, 0.25) is 5.91 Å². The number of carbonyl (C=O) groups excluding carboxylic acids is 2. The molecule has 3 unspecified atom stereocenters. The smallest absolute Gasteiger partial charge is 0.326 e. The summed E-state index contributed by atoms with van der Waals surface area (Å²) in [7, 11) is 0. The number of ether oxygens (including phenoxy) is 3. The third kappa shape index (κ3) is 9.04. The maximum absolute atomic E-state index is 14.2. The summed E-state index contributed by atoms with van der Waals surface area (Å²) in [6.07, 6.45) is -0.351. The number of carbonyl (C=O) groups is 3. The van der Waals surface area contributed by atoms with E-state index in [1.807, 2.05) is 66.7 Å². The van der Waals surface area contributed by atoms with Crippen LogP contribution < -0.4 is 19.5 Å². The lowest BCUT2D eigenvalue weighted by Gasteiger charge is -2.37. The van der Waals surface area contributed by atoms with Crippen molar-refractivity contribution in [1.82, 2.24) is 15.2 Å². The van der Waals surface area contributed by atoms with Crippen molar-refractivity contribution in [3.63, 3.8) is 0 Å². The number of oxazole rings is 1. The van der Waals surface area contributed by atoms with E-state index in [-0.39, 0.29) is 31.7 Å². The summed E-state index contributed by atoms with van der Waals surface area (Å²) in [5, 5.41) is 23.0. The van der Waals surface area contributed by atoms with E-state index in [4.69, 9.17) is 47.1 Å². The molecule has 0 saturated heterocycles. The molecule has 0 fully saturated rings. The molecular weight excluding hydrogens is 819 g/mol. The van der Waals surface area contributed by atoms with Crippen molar-refractivity contribution < 1.29 is 38.1 Å². The van der Waals surface area contributed by atoms with Crippen LogP contribution in [0.5, 0.6) is 17.2 Å². The molecule has 0 bridgehead atoms. The predicted octanol–water partition coefficient (Wildman–Crippen LogP) is 8.61. The van der Waals surface area contributed by atoms with E-state index in [0.29, 0.717) is 56.7 Å². The number of aryl methyl sites for hydroxylation is 2. The minimum Gasteiger partial charge on any atom is -0.489 e. The van der Waals surface area contributed by atoms with Crippen molar-refractivity contribution >= 4 is 41.0 Å². The number of fused-ring (bicyclic) bond motifs is 2. The Kier molecular flexibility index (Phi) is 11.7. The highest BCUT2D eigenvalue weighted by molar-refractivity contribution is 6.42. The fourth-order valence-electron chi connectivity index (χ4n) is 7.48. The molecule has 6 aromatic rings. The minimum atomic E-state index is -1.29. The quantitative estimate of drug-likeness (QED) is 0.129. The molecule has 5 aromatic carbocycles. The number of aliphatic carboxylic acids is 1. The van der Waals surface area contributed by atoms with Gasteiger partial charge in [-0.25, -0.2) is 9.78 Å². The Morgan fingerprint density at radius 3 is 2.25 bits per heavy atom. The third-order valence-electron chi connectivity index (χ3n) is 10.7. The number of rotatable bonds is 11. The fourth-order valence-corrected chi connectivity index (χ4v) is 7.80. The highest BCUT2D eigenvalue weighted by atomic mass is 35.5. The molecule has 8 rings (SSSR count). The van der Waals surface area contributed by atoms with Gasteiger partial charge in [0.05, 0.1) is 21.7 Å². The van der Waals surface area contributed by atoms with Crippen LogP contribution in [0.2, 0.25) is 10.0 Å². The normalized spacial score (nSPS) is 15.9. The molecule has 2 N–H and O–H groups in total. The molecule has 2 aliphatic rings. The Morgan fingerprint density at radius 1 is 0.902 bits per heavy atom. The molecule has 0 aliphatic carbocycles. The molecule has 0 saturated carbocycles. The zero-order chi connectivity index (χ0) is 42.8. The van der Waals surface area contributed by atoms with Gasteiger partial charge in [-0.1, -0.05) is 77.8 Å². The first-order valence-corrected chi connectivity index (χ1v) is 20.2. The van der Waals surface area contributed by atoms with Crippen LogP contribution in [0.4, 0.5) is 0 Å². The van der Waals surface area contributed by atoms with Gasteiger partial charge in [-0.15, -0.1) is 0 Å². The van der Waals surface area contributed by atoms with Gasteiger partial charge in [0, 0.05) is 26.3 Å². The highest BCUT2D eigenvalue weighted by Gasteiger charge is 2.39. The average Bonchev–Trinajstić information content (AvgIpc) is 3.62. The second-order valence-electron chi connectivity index (χ2n) is 14.9. The first-order valence-electron chi connectivity index (χ1n) is 19.4.